The molecule has 0 spiro atoms. The van der Waals surface area contributed by atoms with Crippen LogP contribution in [0.4, 0.5) is 0 Å². The molecule has 2 unspecified atom stereocenters. The molecule has 21 heavy (non-hydrogen) atoms. The zero-order valence-corrected chi connectivity index (χ0v) is 16.3. The third kappa shape index (κ3) is 6.30. The molecular weight excluding hydrogens is 375 g/mol. The summed E-state index contributed by atoms with van der Waals surface area (Å²) < 4.78 is 0. The summed E-state index contributed by atoms with van der Waals surface area (Å²) in [6.07, 6.45) is 5.42. The molecule has 2 heterocycles. The van der Waals surface area contributed by atoms with Crippen molar-refractivity contribution in [2.75, 3.05) is 46.3 Å². The Morgan fingerprint density at radius 2 is 1.76 bits per heavy atom. The lowest BCUT2D eigenvalue weighted by atomic mass is 10.0. The van der Waals surface area contributed by atoms with Gasteiger partial charge in [0.1, 0.15) is 0 Å². The van der Waals surface area contributed by atoms with Crippen LogP contribution in [0.3, 0.4) is 0 Å². The van der Waals surface area contributed by atoms with E-state index in [9.17, 15) is 0 Å². The highest BCUT2D eigenvalue weighted by atomic mass is 127. The van der Waals surface area contributed by atoms with Gasteiger partial charge in [-0.3, -0.25) is 4.99 Å². The van der Waals surface area contributed by atoms with Crippen molar-refractivity contribution in [1.82, 2.24) is 15.1 Å². The first-order valence-electron chi connectivity index (χ1n) is 8.37. The third-order valence-electron chi connectivity index (χ3n) is 4.62. The fourth-order valence-electron chi connectivity index (χ4n) is 3.53. The predicted octanol–water partition coefficient (Wildman–Crippen LogP) is 2.64. The minimum Gasteiger partial charge on any atom is -0.355 e. The summed E-state index contributed by atoms with van der Waals surface area (Å²) in [5.74, 6) is 2.76. The lowest BCUT2D eigenvalue weighted by Gasteiger charge is -2.34. The molecule has 0 amide bonds. The topological polar surface area (TPSA) is 30.9 Å². The van der Waals surface area contributed by atoms with Crippen molar-refractivity contribution in [3.63, 3.8) is 0 Å². The van der Waals surface area contributed by atoms with Gasteiger partial charge in [-0.25, -0.2) is 0 Å². The minimum atomic E-state index is 0. The maximum atomic E-state index is 4.46. The van der Waals surface area contributed by atoms with E-state index in [1.807, 2.05) is 7.05 Å². The second kappa shape index (κ2) is 9.87. The number of hydrogen-bond acceptors (Lipinski definition) is 2. The molecule has 124 valence electrons. The van der Waals surface area contributed by atoms with Gasteiger partial charge in [-0.05, 0) is 44.1 Å². The van der Waals surface area contributed by atoms with Crippen molar-refractivity contribution in [1.29, 1.82) is 0 Å². The number of hydrogen-bond donors (Lipinski definition) is 1. The Morgan fingerprint density at radius 3 is 2.38 bits per heavy atom. The maximum Gasteiger partial charge on any atom is 0.193 e. The number of piperidine rings is 2. The predicted molar refractivity (Wildman–Crippen MR) is 102 cm³/mol. The molecule has 0 saturated carbocycles. The van der Waals surface area contributed by atoms with Crippen LogP contribution in [0.25, 0.3) is 0 Å². The normalized spacial score (nSPS) is 28.1. The first-order chi connectivity index (χ1) is 9.69. The summed E-state index contributed by atoms with van der Waals surface area (Å²) in [6.45, 7) is 11.7. The molecule has 2 fully saturated rings. The molecule has 0 bridgehead atoms. The lowest BCUT2D eigenvalue weighted by molar-refractivity contribution is 0.185. The van der Waals surface area contributed by atoms with Crippen LogP contribution in [0.2, 0.25) is 0 Å². The second-order valence-electron chi connectivity index (χ2n) is 6.72. The Kier molecular flexibility index (Phi) is 8.94. The number of nitrogens with one attached hydrogen (secondary N) is 1. The second-order valence-corrected chi connectivity index (χ2v) is 6.72. The van der Waals surface area contributed by atoms with Crippen LogP contribution in [-0.4, -0.2) is 62.1 Å². The Morgan fingerprint density at radius 1 is 1.10 bits per heavy atom. The lowest BCUT2D eigenvalue weighted by Crippen LogP contribution is -2.48. The summed E-state index contributed by atoms with van der Waals surface area (Å²) in [5.41, 5.74) is 0. The van der Waals surface area contributed by atoms with Crippen LogP contribution in [0.15, 0.2) is 4.99 Å². The summed E-state index contributed by atoms with van der Waals surface area (Å²) in [4.78, 5) is 9.47. The molecule has 0 radical (unpaired) electrons. The largest absolute Gasteiger partial charge is 0.355 e. The fourth-order valence-corrected chi connectivity index (χ4v) is 3.53. The highest BCUT2D eigenvalue weighted by Gasteiger charge is 2.20. The molecule has 2 atom stereocenters. The van der Waals surface area contributed by atoms with E-state index in [0.29, 0.717) is 0 Å². The smallest absolute Gasteiger partial charge is 0.193 e. The van der Waals surface area contributed by atoms with Crippen molar-refractivity contribution < 1.29 is 0 Å². The van der Waals surface area contributed by atoms with E-state index >= 15 is 0 Å². The number of likely N-dealkylation sites (tertiary alicyclic amines) is 2. The molecule has 2 aliphatic heterocycles. The van der Waals surface area contributed by atoms with E-state index in [0.717, 1.165) is 44.0 Å². The fraction of sp³-hybridized carbons (Fsp3) is 0.938. The Hall–Kier alpha value is -0.0400. The van der Waals surface area contributed by atoms with Crippen molar-refractivity contribution in [3.05, 3.63) is 0 Å². The van der Waals surface area contributed by atoms with Gasteiger partial charge >= 0.3 is 0 Å². The highest BCUT2D eigenvalue weighted by molar-refractivity contribution is 14.0. The summed E-state index contributed by atoms with van der Waals surface area (Å²) >= 11 is 0. The van der Waals surface area contributed by atoms with Gasteiger partial charge in [-0.15, -0.1) is 24.0 Å². The molecule has 0 aromatic rings. The van der Waals surface area contributed by atoms with Gasteiger partial charge < -0.3 is 15.1 Å². The van der Waals surface area contributed by atoms with E-state index in [4.69, 9.17) is 0 Å². The number of rotatable bonds is 3. The average Bonchev–Trinajstić information content (AvgIpc) is 2.44. The molecule has 2 rings (SSSR count). The van der Waals surface area contributed by atoms with Crippen LogP contribution in [-0.2, 0) is 0 Å². The van der Waals surface area contributed by atoms with Gasteiger partial charge in [-0.1, -0.05) is 13.8 Å². The number of nitrogens with zero attached hydrogens (tertiary/aromatic N) is 3. The molecule has 1 N–H and O–H groups in total. The van der Waals surface area contributed by atoms with Gasteiger partial charge in [0, 0.05) is 39.8 Å². The van der Waals surface area contributed by atoms with Gasteiger partial charge in [-0.2, -0.15) is 0 Å². The van der Waals surface area contributed by atoms with Gasteiger partial charge in [0.05, 0.1) is 0 Å². The van der Waals surface area contributed by atoms with E-state index in [2.05, 4.69) is 34.0 Å². The number of halogens is 1. The molecule has 2 saturated heterocycles. The van der Waals surface area contributed by atoms with Gasteiger partial charge in [0.25, 0.3) is 0 Å². The molecule has 2 aliphatic rings. The van der Waals surface area contributed by atoms with E-state index in [1.54, 1.807) is 0 Å². The Bertz CT molecular complexity index is 321. The summed E-state index contributed by atoms with van der Waals surface area (Å²) in [6, 6.07) is 0. The van der Waals surface area contributed by atoms with Crippen LogP contribution < -0.4 is 5.32 Å². The SMILES string of the molecule is CN=C(NCCN1CCCC(C)C1)N1CCCC(C)C1.I. The monoisotopic (exact) mass is 408 g/mol. The Balaban J connectivity index is 0.00000220. The standard InChI is InChI=1S/C16H32N4.HI/c1-14-6-4-9-19(12-14)11-8-18-16(17-3)20-10-5-7-15(2)13-20;/h14-15H,4-13H2,1-3H3,(H,17,18);1H. The van der Waals surface area contributed by atoms with E-state index < -0.39 is 0 Å². The first kappa shape index (κ1) is 19.0. The average molecular weight is 408 g/mol. The highest BCUT2D eigenvalue weighted by Crippen LogP contribution is 2.16. The Labute approximate surface area is 147 Å². The van der Waals surface area contributed by atoms with E-state index in [-0.39, 0.29) is 24.0 Å². The van der Waals surface area contributed by atoms with Crippen molar-refractivity contribution in [3.8, 4) is 0 Å². The maximum absolute atomic E-state index is 4.46. The van der Waals surface area contributed by atoms with Crippen LogP contribution in [0.1, 0.15) is 39.5 Å². The summed E-state index contributed by atoms with van der Waals surface area (Å²) in [7, 11) is 1.91. The molecule has 0 aliphatic carbocycles. The van der Waals surface area contributed by atoms with E-state index in [1.165, 1.54) is 38.8 Å². The molecular formula is C16H33IN4. The molecule has 4 nitrogen and oxygen atoms in total. The van der Waals surface area contributed by atoms with Crippen molar-refractivity contribution in [2.24, 2.45) is 16.8 Å². The quantitative estimate of drug-likeness (QED) is 0.443. The van der Waals surface area contributed by atoms with Crippen LogP contribution in [0, 0.1) is 11.8 Å². The summed E-state index contributed by atoms with van der Waals surface area (Å²) in [5, 5.41) is 3.56. The number of aliphatic imine (C=N–C) groups is 1. The van der Waals surface area contributed by atoms with Gasteiger partial charge in [0.2, 0.25) is 0 Å². The molecule has 5 heteroatoms. The number of guanidine groups is 1. The van der Waals surface area contributed by atoms with Gasteiger partial charge in [0.15, 0.2) is 5.96 Å². The molecule has 0 aromatic carbocycles. The van der Waals surface area contributed by atoms with Crippen molar-refractivity contribution >= 4 is 29.9 Å². The minimum absolute atomic E-state index is 0. The van der Waals surface area contributed by atoms with Crippen LogP contribution in [0.5, 0.6) is 0 Å². The zero-order chi connectivity index (χ0) is 14.4. The first-order valence-corrected chi connectivity index (χ1v) is 8.37. The van der Waals surface area contributed by atoms with Crippen LogP contribution >= 0.6 is 24.0 Å². The van der Waals surface area contributed by atoms with Crippen molar-refractivity contribution in [2.45, 2.75) is 39.5 Å². The molecule has 0 aromatic heterocycles. The third-order valence-corrected chi connectivity index (χ3v) is 4.62. The zero-order valence-electron chi connectivity index (χ0n) is 14.0.